The normalized spacial score (nSPS) is 12.9. The van der Waals surface area contributed by atoms with Gasteiger partial charge in [-0.15, -0.1) is 0 Å². The number of anilines is 2. The van der Waals surface area contributed by atoms with Gasteiger partial charge in [0.2, 0.25) is 0 Å². The van der Waals surface area contributed by atoms with Crippen molar-refractivity contribution in [2.45, 2.75) is 38.6 Å². The number of alkyl halides is 3. The van der Waals surface area contributed by atoms with Crippen molar-refractivity contribution in [3.05, 3.63) is 35.4 Å². The van der Waals surface area contributed by atoms with Crippen molar-refractivity contribution in [3.8, 4) is 0 Å². The Bertz CT molecular complexity index is 795. The van der Waals surface area contributed by atoms with Crippen molar-refractivity contribution >= 4 is 28.9 Å². The standard InChI is InChI=1S/C16H19ClF3N5O2/c1-16(2,27)12(18)6-22-15(26)10-5-21-13(17)3-11(10)24-9-4-23-25(7-9)8-14(19)20/h3-5,7,12,14,27H,6,8H2,1-2H3,(H,21,24)(H,22,26)/t12-/m1/s1. The largest absolute Gasteiger partial charge is 0.387 e. The van der Waals surface area contributed by atoms with E-state index in [4.69, 9.17) is 11.6 Å². The maximum atomic E-state index is 13.8. The van der Waals surface area contributed by atoms with Crippen LogP contribution in [0.2, 0.25) is 5.15 Å². The van der Waals surface area contributed by atoms with E-state index in [1.165, 1.54) is 38.5 Å². The Kier molecular flexibility index (Phi) is 6.66. The number of rotatable bonds is 8. The number of nitrogens with one attached hydrogen (secondary N) is 2. The molecule has 0 radical (unpaired) electrons. The fourth-order valence-electron chi connectivity index (χ4n) is 2.07. The fraction of sp³-hybridized carbons (Fsp3) is 0.438. The summed E-state index contributed by atoms with van der Waals surface area (Å²) in [6.07, 6.45) is -0.385. The third-order valence-corrected chi connectivity index (χ3v) is 3.77. The smallest absolute Gasteiger partial charge is 0.257 e. The van der Waals surface area contributed by atoms with E-state index in [9.17, 15) is 23.1 Å². The van der Waals surface area contributed by atoms with Crippen LogP contribution in [0.3, 0.4) is 0 Å². The predicted molar refractivity (Wildman–Crippen MR) is 94.3 cm³/mol. The number of halogens is 4. The molecular weight excluding hydrogens is 387 g/mol. The Morgan fingerprint density at radius 2 is 2.07 bits per heavy atom. The average molecular weight is 406 g/mol. The maximum absolute atomic E-state index is 13.8. The minimum absolute atomic E-state index is 0.0592. The quantitative estimate of drug-likeness (QED) is 0.587. The molecule has 0 aromatic carbocycles. The zero-order chi connectivity index (χ0) is 20.2. The van der Waals surface area contributed by atoms with Crippen molar-refractivity contribution in [2.75, 3.05) is 11.9 Å². The molecule has 0 spiro atoms. The first kappa shape index (κ1) is 21.0. The van der Waals surface area contributed by atoms with Gasteiger partial charge in [-0.25, -0.2) is 18.2 Å². The predicted octanol–water partition coefficient (Wildman–Crippen LogP) is 2.78. The zero-order valence-electron chi connectivity index (χ0n) is 14.6. The molecule has 0 aliphatic heterocycles. The van der Waals surface area contributed by atoms with Crippen molar-refractivity contribution < 1.29 is 23.1 Å². The van der Waals surface area contributed by atoms with Crippen LogP contribution in [-0.4, -0.2) is 50.5 Å². The second kappa shape index (κ2) is 8.57. The van der Waals surface area contributed by atoms with E-state index in [1.807, 2.05) is 0 Å². The topological polar surface area (TPSA) is 92.1 Å². The molecule has 2 heterocycles. The van der Waals surface area contributed by atoms with Gasteiger partial charge in [-0.1, -0.05) is 11.6 Å². The van der Waals surface area contributed by atoms with Gasteiger partial charge in [0.05, 0.1) is 35.3 Å². The van der Waals surface area contributed by atoms with Crippen molar-refractivity contribution in [1.29, 1.82) is 0 Å². The molecule has 2 aromatic rings. The first-order valence-corrected chi connectivity index (χ1v) is 8.32. The molecule has 0 unspecified atom stereocenters. The molecule has 148 valence electrons. The molecule has 0 aliphatic carbocycles. The summed E-state index contributed by atoms with van der Waals surface area (Å²) < 4.78 is 39.7. The molecule has 1 amide bonds. The minimum Gasteiger partial charge on any atom is -0.387 e. The summed E-state index contributed by atoms with van der Waals surface area (Å²) in [7, 11) is 0. The lowest BCUT2D eigenvalue weighted by atomic mass is 10.0. The van der Waals surface area contributed by atoms with E-state index < -0.39 is 37.2 Å². The Hall–Kier alpha value is -2.33. The molecule has 0 aliphatic rings. The highest BCUT2D eigenvalue weighted by Crippen LogP contribution is 2.23. The molecule has 0 fully saturated rings. The van der Waals surface area contributed by atoms with E-state index in [-0.39, 0.29) is 16.4 Å². The summed E-state index contributed by atoms with van der Waals surface area (Å²) in [6, 6.07) is 1.36. The molecule has 27 heavy (non-hydrogen) atoms. The Labute approximate surface area is 158 Å². The highest BCUT2D eigenvalue weighted by Gasteiger charge is 2.27. The molecular formula is C16H19ClF3N5O2. The lowest BCUT2D eigenvalue weighted by Gasteiger charge is -2.22. The van der Waals surface area contributed by atoms with Gasteiger partial charge >= 0.3 is 0 Å². The fourth-order valence-corrected chi connectivity index (χ4v) is 2.22. The van der Waals surface area contributed by atoms with E-state index in [2.05, 4.69) is 20.7 Å². The number of aromatic nitrogens is 3. The molecule has 1 atom stereocenters. The summed E-state index contributed by atoms with van der Waals surface area (Å²) >= 11 is 5.85. The van der Waals surface area contributed by atoms with Gasteiger partial charge in [0.25, 0.3) is 12.3 Å². The van der Waals surface area contributed by atoms with Crippen LogP contribution in [0.25, 0.3) is 0 Å². The van der Waals surface area contributed by atoms with Gasteiger partial charge < -0.3 is 15.7 Å². The van der Waals surface area contributed by atoms with Gasteiger partial charge in [0.1, 0.15) is 17.9 Å². The van der Waals surface area contributed by atoms with Crippen molar-refractivity contribution in [1.82, 2.24) is 20.1 Å². The molecule has 0 saturated heterocycles. The molecule has 0 bridgehead atoms. The monoisotopic (exact) mass is 405 g/mol. The number of hydrogen-bond acceptors (Lipinski definition) is 5. The van der Waals surface area contributed by atoms with E-state index in [1.54, 1.807) is 0 Å². The maximum Gasteiger partial charge on any atom is 0.257 e. The van der Waals surface area contributed by atoms with Gasteiger partial charge in [0, 0.05) is 12.4 Å². The SMILES string of the molecule is CC(C)(O)[C@H](F)CNC(=O)c1cnc(Cl)cc1Nc1cnn(CC(F)F)c1. The summed E-state index contributed by atoms with van der Waals surface area (Å²) in [5, 5.41) is 18.7. The van der Waals surface area contributed by atoms with Crippen LogP contribution in [0.1, 0.15) is 24.2 Å². The summed E-state index contributed by atoms with van der Waals surface area (Å²) in [6.45, 7) is 1.60. The Morgan fingerprint density at radius 3 is 2.70 bits per heavy atom. The zero-order valence-corrected chi connectivity index (χ0v) is 15.3. The van der Waals surface area contributed by atoms with Crippen LogP contribution in [-0.2, 0) is 6.54 Å². The second-order valence-electron chi connectivity index (χ2n) is 6.35. The molecule has 0 saturated carbocycles. The van der Waals surface area contributed by atoms with Crippen LogP contribution in [0.5, 0.6) is 0 Å². The molecule has 3 N–H and O–H groups in total. The highest BCUT2D eigenvalue weighted by molar-refractivity contribution is 6.29. The van der Waals surface area contributed by atoms with Crippen LogP contribution < -0.4 is 10.6 Å². The summed E-state index contributed by atoms with van der Waals surface area (Å²) in [4.78, 5) is 16.2. The average Bonchev–Trinajstić information content (AvgIpc) is 2.97. The van der Waals surface area contributed by atoms with Crippen molar-refractivity contribution in [3.63, 3.8) is 0 Å². The number of hydrogen-bond donors (Lipinski definition) is 3. The first-order valence-electron chi connectivity index (χ1n) is 7.94. The molecule has 7 nitrogen and oxygen atoms in total. The lowest BCUT2D eigenvalue weighted by Crippen LogP contribution is -2.42. The number of pyridine rings is 1. The number of carbonyl (C=O) groups is 1. The van der Waals surface area contributed by atoms with E-state index >= 15 is 0 Å². The lowest BCUT2D eigenvalue weighted by molar-refractivity contribution is -0.00177. The third kappa shape index (κ3) is 6.10. The van der Waals surface area contributed by atoms with Gasteiger partial charge in [-0.3, -0.25) is 9.48 Å². The molecule has 2 rings (SSSR count). The minimum atomic E-state index is -2.56. The van der Waals surface area contributed by atoms with Crippen LogP contribution in [0, 0.1) is 0 Å². The Balaban J connectivity index is 2.14. The number of aliphatic hydroxyl groups is 1. The second-order valence-corrected chi connectivity index (χ2v) is 6.74. The van der Waals surface area contributed by atoms with Gasteiger partial charge in [0.15, 0.2) is 0 Å². The summed E-state index contributed by atoms with van der Waals surface area (Å²) in [5.41, 5.74) is -0.954. The number of amides is 1. The van der Waals surface area contributed by atoms with Crippen LogP contribution in [0.15, 0.2) is 24.7 Å². The Morgan fingerprint density at radius 1 is 1.37 bits per heavy atom. The molecule has 2 aromatic heterocycles. The van der Waals surface area contributed by atoms with Crippen LogP contribution in [0.4, 0.5) is 24.5 Å². The number of nitrogens with zero attached hydrogens (tertiary/aromatic N) is 3. The molecule has 11 heteroatoms. The van der Waals surface area contributed by atoms with Gasteiger partial charge in [-0.05, 0) is 19.9 Å². The van der Waals surface area contributed by atoms with Crippen molar-refractivity contribution in [2.24, 2.45) is 0 Å². The number of carbonyl (C=O) groups excluding carboxylic acids is 1. The van der Waals surface area contributed by atoms with E-state index in [0.717, 1.165) is 4.68 Å². The third-order valence-electron chi connectivity index (χ3n) is 3.56. The highest BCUT2D eigenvalue weighted by atomic mass is 35.5. The van der Waals surface area contributed by atoms with Gasteiger partial charge in [-0.2, -0.15) is 5.10 Å². The van der Waals surface area contributed by atoms with Crippen LogP contribution >= 0.6 is 11.6 Å². The summed E-state index contributed by atoms with van der Waals surface area (Å²) in [5.74, 6) is -0.645. The first-order chi connectivity index (χ1) is 12.6. The van der Waals surface area contributed by atoms with E-state index in [0.29, 0.717) is 5.69 Å².